The Morgan fingerprint density at radius 2 is 1.67 bits per heavy atom. The lowest BCUT2D eigenvalue weighted by Gasteiger charge is -2.27. The molecule has 0 amide bonds. The number of nitrogens with zero attached hydrogens (tertiary/aromatic N) is 2. The molecule has 0 saturated carbocycles. The van der Waals surface area contributed by atoms with Gasteiger partial charge in [0.2, 0.25) is 0 Å². The van der Waals surface area contributed by atoms with Crippen LogP contribution in [-0.4, -0.2) is 33.3 Å². The molecule has 0 spiro atoms. The predicted octanol–water partition coefficient (Wildman–Crippen LogP) is 3.60. The van der Waals surface area contributed by atoms with Gasteiger partial charge < -0.3 is 14.2 Å². The summed E-state index contributed by atoms with van der Waals surface area (Å²) < 4.78 is 15.0. The molecule has 1 aromatic rings. The van der Waals surface area contributed by atoms with E-state index < -0.39 is 23.3 Å². The number of esters is 2. The van der Waals surface area contributed by atoms with Gasteiger partial charge in [-0.3, -0.25) is 4.79 Å². The van der Waals surface area contributed by atoms with Crippen LogP contribution in [0.15, 0.2) is 55.1 Å². The van der Waals surface area contributed by atoms with Crippen molar-refractivity contribution < 1.29 is 23.8 Å². The number of carbonyl (C=O) groups is 2. The fourth-order valence-corrected chi connectivity index (χ4v) is 3.11. The summed E-state index contributed by atoms with van der Waals surface area (Å²) >= 11 is 0. The van der Waals surface area contributed by atoms with E-state index in [1.165, 1.54) is 26.4 Å². The Morgan fingerprint density at radius 3 is 2.07 bits per heavy atom. The van der Waals surface area contributed by atoms with E-state index in [0.717, 1.165) is 7.11 Å². The van der Waals surface area contributed by atoms with Gasteiger partial charge in [0.1, 0.15) is 5.75 Å². The number of carbonyl (C=O) groups excluding carboxylic acids is 2. The maximum absolute atomic E-state index is 12.9. The summed E-state index contributed by atoms with van der Waals surface area (Å²) in [5.41, 5.74) is -1.49. The van der Waals surface area contributed by atoms with Crippen molar-refractivity contribution in [3.05, 3.63) is 60.7 Å². The highest BCUT2D eigenvalue weighted by Crippen LogP contribution is 2.43. The molecule has 0 N–H and O–H groups in total. The zero-order valence-electron chi connectivity index (χ0n) is 17.3. The third-order valence-corrected chi connectivity index (χ3v) is 4.55. The highest BCUT2D eigenvalue weighted by molar-refractivity contribution is 6.04. The minimum Gasteiger partial charge on any atom is -0.497 e. The van der Waals surface area contributed by atoms with Crippen LogP contribution in [0, 0.1) is 34.0 Å². The van der Waals surface area contributed by atoms with Gasteiger partial charge in [0.15, 0.2) is 5.41 Å². The van der Waals surface area contributed by atoms with Gasteiger partial charge in [-0.15, -0.1) is 13.2 Å². The molecule has 0 radical (unpaired) electrons. The monoisotopic (exact) mass is 408 g/mol. The van der Waals surface area contributed by atoms with Gasteiger partial charge in [0.05, 0.1) is 45.0 Å². The molecule has 0 bridgehead atoms. The van der Waals surface area contributed by atoms with Crippen molar-refractivity contribution >= 4 is 17.5 Å². The summed E-state index contributed by atoms with van der Waals surface area (Å²) in [6, 6.07) is 10.5. The molecule has 0 saturated heterocycles. The van der Waals surface area contributed by atoms with Crippen LogP contribution in [-0.2, 0) is 19.1 Å². The van der Waals surface area contributed by atoms with Crippen LogP contribution in [0.2, 0.25) is 0 Å². The first kappa shape index (κ1) is 24.2. The van der Waals surface area contributed by atoms with Crippen LogP contribution in [0.4, 0.5) is 0 Å². The largest absolute Gasteiger partial charge is 0.497 e. The van der Waals surface area contributed by atoms with E-state index in [0.29, 0.717) is 11.3 Å². The Balaban J connectivity index is 4.14. The average Bonchev–Trinajstić information content (AvgIpc) is 2.79. The second-order valence-corrected chi connectivity index (χ2v) is 6.23. The summed E-state index contributed by atoms with van der Waals surface area (Å²) in [6.45, 7) is 7.27. The molecule has 0 aliphatic carbocycles. The molecule has 1 atom stereocenters. The molecule has 0 heterocycles. The Kier molecular flexibility index (Phi) is 9.06. The number of hydrogen-bond acceptors (Lipinski definition) is 7. The highest BCUT2D eigenvalue weighted by Gasteiger charge is 2.42. The number of nitriles is 2. The van der Waals surface area contributed by atoms with E-state index in [1.807, 2.05) is 12.1 Å². The predicted molar refractivity (Wildman–Crippen MR) is 111 cm³/mol. The van der Waals surface area contributed by atoms with Crippen LogP contribution in [0.3, 0.4) is 0 Å². The smallest absolute Gasteiger partial charge is 0.335 e. The van der Waals surface area contributed by atoms with Crippen molar-refractivity contribution in [3.8, 4) is 17.9 Å². The molecular formula is C23H24N2O5. The number of ether oxygens (including phenoxy) is 3. The minimum atomic E-state index is -1.80. The van der Waals surface area contributed by atoms with Crippen LogP contribution >= 0.6 is 0 Å². The van der Waals surface area contributed by atoms with Crippen molar-refractivity contribution in [1.29, 1.82) is 10.5 Å². The molecule has 7 nitrogen and oxygen atoms in total. The molecule has 0 fully saturated rings. The van der Waals surface area contributed by atoms with Gasteiger partial charge in [-0.25, -0.2) is 4.79 Å². The van der Waals surface area contributed by atoms with E-state index in [2.05, 4.69) is 13.2 Å². The lowest BCUT2D eigenvalue weighted by atomic mass is 9.71. The van der Waals surface area contributed by atoms with Crippen molar-refractivity contribution in [1.82, 2.24) is 0 Å². The number of rotatable bonds is 10. The average molecular weight is 408 g/mol. The standard InChI is InChI=1S/C23H24N2O5/c1-6-8-18(21(26)29-4)19(22(27)30-5)20(23(14-24,15-25)13-7-2)16-9-11-17(28-3)12-10-16/h6-7,9-12,18H,1-2,8,13H2,3-5H3/b20-19-. The summed E-state index contributed by atoms with van der Waals surface area (Å²) in [5, 5.41) is 20.0. The zero-order valence-corrected chi connectivity index (χ0v) is 17.3. The normalized spacial score (nSPS) is 12.3. The molecule has 1 aromatic carbocycles. The van der Waals surface area contributed by atoms with Crippen molar-refractivity contribution in [2.24, 2.45) is 11.3 Å². The molecule has 0 aliphatic rings. The fraction of sp³-hybridized carbons (Fsp3) is 0.304. The lowest BCUT2D eigenvalue weighted by molar-refractivity contribution is -0.147. The second kappa shape index (κ2) is 11.2. The maximum Gasteiger partial charge on any atom is 0.335 e. The van der Waals surface area contributed by atoms with E-state index in [9.17, 15) is 20.1 Å². The lowest BCUT2D eigenvalue weighted by Crippen LogP contribution is -2.29. The minimum absolute atomic E-state index is 0.0395. The molecule has 30 heavy (non-hydrogen) atoms. The number of allylic oxidation sites excluding steroid dienone is 3. The Bertz CT molecular complexity index is 902. The molecule has 1 unspecified atom stereocenters. The molecule has 0 aliphatic heterocycles. The van der Waals surface area contributed by atoms with Crippen LogP contribution < -0.4 is 4.74 Å². The summed E-state index contributed by atoms with van der Waals surface area (Å²) in [6.07, 6.45) is 2.82. The van der Waals surface area contributed by atoms with Gasteiger partial charge in [-0.05, 0) is 24.1 Å². The topological polar surface area (TPSA) is 109 Å². The summed E-state index contributed by atoms with van der Waals surface area (Å²) in [4.78, 5) is 25.4. The van der Waals surface area contributed by atoms with Crippen molar-refractivity contribution in [2.45, 2.75) is 12.8 Å². The Hall–Kier alpha value is -3.84. The fourth-order valence-electron chi connectivity index (χ4n) is 3.11. The first-order valence-electron chi connectivity index (χ1n) is 8.99. The SMILES string of the molecule is C=CCC(C(=O)OC)/C(C(=O)OC)=C(\c1ccc(OC)cc1)C(C#N)(C#N)CC=C. The highest BCUT2D eigenvalue weighted by atomic mass is 16.5. The van der Waals surface area contributed by atoms with Gasteiger partial charge >= 0.3 is 11.9 Å². The van der Waals surface area contributed by atoms with E-state index >= 15 is 0 Å². The molecular weight excluding hydrogens is 384 g/mol. The third kappa shape index (κ3) is 4.95. The molecule has 0 aromatic heterocycles. The quantitative estimate of drug-likeness (QED) is 0.330. The van der Waals surface area contributed by atoms with Crippen molar-refractivity contribution in [2.75, 3.05) is 21.3 Å². The molecule has 1 rings (SSSR count). The number of benzene rings is 1. The first-order valence-corrected chi connectivity index (χ1v) is 8.99. The Labute approximate surface area is 176 Å². The van der Waals surface area contributed by atoms with E-state index in [-0.39, 0.29) is 24.0 Å². The van der Waals surface area contributed by atoms with Crippen LogP contribution in [0.25, 0.3) is 5.57 Å². The van der Waals surface area contributed by atoms with Crippen molar-refractivity contribution in [3.63, 3.8) is 0 Å². The van der Waals surface area contributed by atoms with Gasteiger partial charge in [-0.1, -0.05) is 24.3 Å². The Morgan fingerprint density at radius 1 is 1.07 bits per heavy atom. The zero-order chi connectivity index (χ0) is 22.7. The maximum atomic E-state index is 12.9. The van der Waals surface area contributed by atoms with Crippen LogP contribution in [0.5, 0.6) is 5.75 Å². The van der Waals surface area contributed by atoms with Gasteiger partial charge in [0.25, 0.3) is 0 Å². The molecule has 7 heteroatoms. The second-order valence-electron chi connectivity index (χ2n) is 6.23. The van der Waals surface area contributed by atoms with Crippen LogP contribution in [0.1, 0.15) is 18.4 Å². The van der Waals surface area contributed by atoms with Gasteiger partial charge in [-0.2, -0.15) is 10.5 Å². The number of methoxy groups -OCH3 is 3. The number of hydrogen-bond donors (Lipinski definition) is 0. The first-order chi connectivity index (χ1) is 14.4. The molecule has 156 valence electrons. The summed E-state index contributed by atoms with van der Waals surface area (Å²) in [5.74, 6) is -2.15. The third-order valence-electron chi connectivity index (χ3n) is 4.55. The van der Waals surface area contributed by atoms with E-state index in [4.69, 9.17) is 14.2 Å². The summed E-state index contributed by atoms with van der Waals surface area (Å²) in [7, 11) is 3.84. The van der Waals surface area contributed by atoms with E-state index in [1.54, 1.807) is 24.3 Å². The van der Waals surface area contributed by atoms with Gasteiger partial charge in [0, 0.05) is 12.0 Å².